The molecule has 2 heterocycles. The SMILES string of the molecule is c1ccc(-c2ccc3c(c2)c2cc(-c4ccccc4)ccc2n3-c2ccc(-c3ccc(-n4c5ccc(-c6ccccc6)cc5c5cc(C(c6ccccc6)(c6ccccc6)c6ccccc6)ccc54)cc3)cc2)cc1. The zero-order valence-electron chi connectivity index (χ0n) is 41.3. The van der Waals surface area contributed by atoms with Crippen LogP contribution in [0.3, 0.4) is 0 Å². The summed E-state index contributed by atoms with van der Waals surface area (Å²) in [6.07, 6.45) is 0. The van der Waals surface area contributed by atoms with Gasteiger partial charge in [0.05, 0.1) is 27.5 Å². The summed E-state index contributed by atoms with van der Waals surface area (Å²) in [6.45, 7) is 0. The fourth-order valence-corrected chi connectivity index (χ4v) is 11.9. The van der Waals surface area contributed by atoms with Gasteiger partial charge in [-0.3, -0.25) is 0 Å². The highest BCUT2D eigenvalue weighted by atomic mass is 15.0. The summed E-state index contributed by atoms with van der Waals surface area (Å²) in [4.78, 5) is 0. The van der Waals surface area contributed by atoms with Crippen LogP contribution in [0.4, 0.5) is 0 Å². The van der Waals surface area contributed by atoms with Crippen LogP contribution in [0.25, 0.3) is 99.5 Å². The van der Waals surface area contributed by atoms with E-state index in [-0.39, 0.29) is 0 Å². The minimum Gasteiger partial charge on any atom is -0.309 e. The molecule has 0 N–H and O–H groups in total. The normalized spacial score (nSPS) is 11.7. The van der Waals surface area contributed by atoms with E-state index >= 15 is 0 Å². The van der Waals surface area contributed by atoms with Crippen LogP contribution in [0.15, 0.2) is 303 Å². The van der Waals surface area contributed by atoms with Crippen LogP contribution < -0.4 is 0 Å². The van der Waals surface area contributed by atoms with E-state index in [1.165, 1.54) is 105 Å². The van der Waals surface area contributed by atoms with Gasteiger partial charge in [-0.15, -0.1) is 0 Å². The lowest BCUT2D eigenvalue weighted by atomic mass is 9.65. The third kappa shape index (κ3) is 7.49. The summed E-state index contributed by atoms with van der Waals surface area (Å²) in [5, 5.41) is 4.91. The van der Waals surface area contributed by atoms with Crippen molar-refractivity contribution < 1.29 is 0 Å². The molecule has 2 heteroatoms. The average molecular weight is 955 g/mol. The molecule has 0 aliphatic carbocycles. The number of hydrogen-bond donors (Lipinski definition) is 0. The van der Waals surface area contributed by atoms with Gasteiger partial charge in [-0.25, -0.2) is 0 Å². The minimum absolute atomic E-state index is 0.569. The van der Waals surface area contributed by atoms with E-state index < -0.39 is 5.41 Å². The zero-order chi connectivity index (χ0) is 49.7. The van der Waals surface area contributed by atoms with Gasteiger partial charge in [0.15, 0.2) is 0 Å². The highest BCUT2D eigenvalue weighted by Gasteiger charge is 2.38. The molecule has 2 nitrogen and oxygen atoms in total. The molecule has 0 saturated heterocycles. The Morgan fingerprint density at radius 2 is 0.440 bits per heavy atom. The van der Waals surface area contributed by atoms with Crippen molar-refractivity contribution in [1.82, 2.24) is 9.13 Å². The highest BCUT2D eigenvalue weighted by Crippen LogP contribution is 2.47. The molecule has 0 fully saturated rings. The van der Waals surface area contributed by atoms with Crippen molar-refractivity contribution in [3.8, 4) is 55.9 Å². The summed E-state index contributed by atoms with van der Waals surface area (Å²) < 4.78 is 4.86. The molecule has 0 spiro atoms. The van der Waals surface area contributed by atoms with E-state index in [1.807, 2.05) is 0 Å². The summed E-state index contributed by atoms with van der Waals surface area (Å²) in [7, 11) is 0. The Labute approximate surface area is 437 Å². The zero-order valence-corrected chi connectivity index (χ0v) is 41.3. The average Bonchev–Trinajstić information content (AvgIpc) is 4.00. The maximum atomic E-state index is 2.47. The predicted octanol–water partition coefficient (Wildman–Crippen LogP) is 18.9. The van der Waals surface area contributed by atoms with Crippen LogP contribution in [0.5, 0.6) is 0 Å². The van der Waals surface area contributed by atoms with Crippen LogP contribution in [-0.4, -0.2) is 9.13 Å². The van der Waals surface area contributed by atoms with E-state index in [2.05, 4.69) is 312 Å². The van der Waals surface area contributed by atoms with E-state index in [0.29, 0.717) is 0 Å². The van der Waals surface area contributed by atoms with Crippen molar-refractivity contribution in [2.75, 3.05) is 0 Å². The quantitative estimate of drug-likeness (QED) is 0.121. The smallest absolute Gasteiger partial charge is 0.0701 e. The molecule has 0 unspecified atom stereocenters. The van der Waals surface area contributed by atoms with Crippen molar-refractivity contribution in [3.05, 3.63) is 326 Å². The van der Waals surface area contributed by atoms with Crippen molar-refractivity contribution in [2.24, 2.45) is 0 Å². The Morgan fingerprint density at radius 1 is 0.187 bits per heavy atom. The molecule has 0 aliphatic heterocycles. The standard InChI is InChI=1S/C73H50N2/c1-7-19-51(20-8-1)56-35-43-69-65(47-56)66-48-57(52-21-9-2-10-22-52)36-44-70(66)74(69)63-39-31-54(32-40-63)55-33-41-64(42-34-55)75-71-45-37-58(53-23-11-3-12-24-53)49-67(71)68-50-62(38-46-72(68)75)73(59-25-13-4-14-26-59,60-27-15-5-16-28-60)61-29-17-6-18-30-61/h1-50H. The number of rotatable bonds is 10. The second-order valence-electron chi connectivity index (χ2n) is 19.6. The van der Waals surface area contributed by atoms with Gasteiger partial charge < -0.3 is 9.13 Å². The van der Waals surface area contributed by atoms with Crippen LogP contribution >= 0.6 is 0 Å². The highest BCUT2D eigenvalue weighted by molar-refractivity contribution is 6.12. The molecule has 0 saturated carbocycles. The van der Waals surface area contributed by atoms with Gasteiger partial charge >= 0.3 is 0 Å². The monoisotopic (exact) mass is 954 g/mol. The molecular formula is C73H50N2. The van der Waals surface area contributed by atoms with E-state index in [1.54, 1.807) is 0 Å². The molecule has 0 radical (unpaired) electrons. The number of aromatic nitrogens is 2. The molecule has 12 aromatic carbocycles. The second kappa shape index (κ2) is 18.4. The van der Waals surface area contributed by atoms with Gasteiger partial charge in [-0.1, -0.05) is 231 Å². The van der Waals surface area contributed by atoms with Crippen molar-refractivity contribution in [3.63, 3.8) is 0 Å². The second-order valence-corrected chi connectivity index (χ2v) is 19.6. The lowest BCUT2D eigenvalue weighted by Gasteiger charge is -2.37. The maximum Gasteiger partial charge on any atom is 0.0701 e. The first kappa shape index (κ1) is 44.0. The predicted molar refractivity (Wildman–Crippen MR) is 315 cm³/mol. The third-order valence-electron chi connectivity index (χ3n) is 15.5. The van der Waals surface area contributed by atoms with Crippen molar-refractivity contribution in [1.29, 1.82) is 0 Å². The largest absolute Gasteiger partial charge is 0.309 e. The van der Waals surface area contributed by atoms with Crippen molar-refractivity contribution >= 4 is 43.6 Å². The van der Waals surface area contributed by atoms with Crippen molar-refractivity contribution in [2.45, 2.75) is 5.41 Å². The fourth-order valence-electron chi connectivity index (χ4n) is 11.9. The Hall–Kier alpha value is -9.76. The summed E-state index contributed by atoms with van der Waals surface area (Å²) in [6, 6.07) is 111. The topological polar surface area (TPSA) is 9.86 Å². The van der Waals surface area contributed by atoms with E-state index in [9.17, 15) is 0 Å². The number of hydrogen-bond acceptors (Lipinski definition) is 0. The molecule has 2 aromatic heterocycles. The first-order valence-electron chi connectivity index (χ1n) is 25.9. The Balaban J connectivity index is 0.879. The number of fused-ring (bicyclic) bond motifs is 6. The molecule has 0 aliphatic rings. The Kier molecular flexibility index (Phi) is 10.8. The van der Waals surface area contributed by atoms with Crippen LogP contribution in [0.1, 0.15) is 22.3 Å². The van der Waals surface area contributed by atoms with Crippen LogP contribution in [-0.2, 0) is 5.41 Å². The molecule has 14 rings (SSSR count). The van der Waals surface area contributed by atoms with E-state index in [0.717, 1.165) is 16.9 Å². The molecule has 352 valence electrons. The lowest BCUT2D eigenvalue weighted by molar-refractivity contribution is 0.746. The minimum atomic E-state index is -0.569. The molecule has 75 heavy (non-hydrogen) atoms. The molecule has 14 aromatic rings. The van der Waals surface area contributed by atoms with Gasteiger partial charge in [-0.05, 0) is 140 Å². The molecule has 0 amide bonds. The number of nitrogens with zero attached hydrogens (tertiary/aromatic N) is 2. The van der Waals surface area contributed by atoms with Gasteiger partial charge in [0.2, 0.25) is 0 Å². The van der Waals surface area contributed by atoms with Gasteiger partial charge in [0.1, 0.15) is 0 Å². The van der Waals surface area contributed by atoms with Crippen LogP contribution in [0, 0.1) is 0 Å². The van der Waals surface area contributed by atoms with Gasteiger partial charge in [0, 0.05) is 32.9 Å². The van der Waals surface area contributed by atoms with E-state index in [4.69, 9.17) is 0 Å². The maximum absolute atomic E-state index is 2.47. The summed E-state index contributed by atoms with van der Waals surface area (Å²) in [5.41, 5.74) is 20.9. The molecule has 0 bridgehead atoms. The molecule has 0 atom stereocenters. The Bertz CT molecular complexity index is 4140. The lowest BCUT2D eigenvalue weighted by Crippen LogP contribution is -2.30. The number of benzene rings is 12. The van der Waals surface area contributed by atoms with Crippen LogP contribution in [0.2, 0.25) is 0 Å². The first-order chi connectivity index (χ1) is 37.2. The van der Waals surface area contributed by atoms with Gasteiger partial charge in [0.25, 0.3) is 0 Å². The summed E-state index contributed by atoms with van der Waals surface area (Å²) in [5.74, 6) is 0. The first-order valence-corrected chi connectivity index (χ1v) is 25.9. The molecular weight excluding hydrogens is 905 g/mol. The van der Waals surface area contributed by atoms with Gasteiger partial charge in [-0.2, -0.15) is 0 Å². The summed E-state index contributed by atoms with van der Waals surface area (Å²) >= 11 is 0. The fraction of sp³-hybridized carbons (Fsp3) is 0.0137. The third-order valence-corrected chi connectivity index (χ3v) is 15.5. The Morgan fingerprint density at radius 3 is 0.760 bits per heavy atom.